The van der Waals surface area contributed by atoms with E-state index in [2.05, 4.69) is 74.4 Å². The fraction of sp³-hybridized carbons (Fsp3) is 0.280. The van der Waals surface area contributed by atoms with Gasteiger partial charge in [-0.2, -0.15) is 0 Å². The first-order valence-corrected chi connectivity index (χ1v) is 12.9. The van der Waals surface area contributed by atoms with Crippen LogP contribution >= 0.6 is 31.9 Å². The van der Waals surface area contributed by atoms with Crippen molar-refractivity contribution < 1.29 is 49.5 Å². The van der Waals surface area contributed by atoms with Gasteiger partial charge in [-0.3, -0.25) is 0 Å². The van der Waals surface area contributed by atoms with Crippen LogP contribution in [0.25, 0.3) is 14.4 Å². The van der Waals surface area contributed by atoms with Gasteiger partial charge in [-0.25, -0.2) is 0 Å². The molecule has 153 valence electrons. The molecular weight excluding hydrogens is 622 g/mol. The van der Waals surface area contributed by atoms with Crippen LogP contribution in [-0.2, 0) is 24.7 Å². The quantitative estimate of drug-likeness (QED) is 0.395. The first-order valence-electron chi connectivity index (χ1n) is 10.1. The summed E-state index contributed by atoms with van der Waals surface area (Å²) in [5, 5.41) is 5.69. The Morgan fingerprint density at radius 1 is 0.800 bits per heavy atom. The van der Waals surface area contributed by atoms with E-state index in [1.54, 1.807) is 5.57 Å². The van der Waals surface area contributed by atoms with Crippen LogP contribution in [0.3, 0.4) is 0 Å². The van der Waals surface area contributed by atoms with E-state index < -0.39 is 0 Å². The molecule has 0 heterocycles. The second-order valence-electron chi connectivity index (χ2n) is 7.94. The summed E-state index contributed by atoms with van der Waals surface area (Å²) in [6.45, 7) is 0. The summed E-state index contributed by atoms with van der Waals surface area (Å²) in [7, 11) is 0. The zero-order valence-electron chi connectivity index (χ0n) is 16.5. The van der Waals surface area contributed by atoms with Gasteiger partial charge in [0.25, 0.3) is 0 Å². The molecule has 1 saturated carbocycles. The van der Waals surface area contributed by atoms with E-state index in [1.165, 1.54) is 109 Å². The molecule has 5 heteroatoms. The maximum absolute atomic E-state index is 4.02. The molecule has 0 aromatic heterocycles. The third-order valence-electron chi connectivity index (χ3n) is 6.22. The Morgan fingerprint density at radius 3 is 2.20 bits per heavy atom. The molecule has 0 saturated heterocycles. The van der Waals surface area contributed by atoms with Crippen molar-refractivity contribution >= 4 is 46.3 Å². The predicted octanol–water partition coefficient (Wildman–Crippen LogP) is 0.371. The monoisotopic (exact) mass is 639 g/mol. The number of allylic oxidation sites excluding steroid dienone is 4. The molecule has 5 rings (SSSR count). The molecule has 0 aliphatic heterocycles. The molecule has 0 spiro atoms. The summed E-state index contributed by atoms with van der Waals surface area (Å²) in [4.78, 5) is 0. The minimum atomic E-state index is 0. The molecule has 0 atom stereocenters. The van der Waals surface area contributed by atoms with Crippen LogP contribution in [0.15, 0.2) is 51.4 Å². The number of fused-ring (bicyclic) bond motifs is 2. The smallest absolute Gasteiger partial charge is 1.00 e. The van der Waals surface area contributed by atoms with E-state index >= 15 is 0 Å². The summed E-state index contributed by atoms with van der Waals surface area (Å²) in [5.74, 6) is 0. The molecular formula is C25H21Br2Cl2Zr. The fourth-order valence-electron chi connectivity index (χ4n) is 4.92. The van der Waals surface area contributed by atoms with Crippen molar-refractivity contribution in [2.24, 2.45) is 0 Å². The fourth-order valence-corrected chi connectivity index (χ4v) is 7.16. The Hall–Kier alpha value is 0.0831. The molecule has 1 fully saturated rings. The van der Waals surface area contributed by atoms with Crippen LogP contribution < -0.4 is 35.3 Å². The van der Waals surface area contributed by atoms with E-state index in [4.69, 9.17) is 0 Å². The van der Waals surface area contributed by atoms with Crippen LogP contribution in [0.5, 0.6) is 0 Å². The van der Waals surface area contributed by atoms with Gasteiger partial charge in [-0.05, 0) is 0 Å². The molecule has 3 aliphatic rings. The molecule has 0 unspecified atom stereocenters. The van der Waals surface area contributed by atoms with Crippen LogP contribution in [-0.4, -0.2) is 0 Å². The van der Waals surface area contributed by atoms with Gasteiger partial charge in [-0.1, -0.05) is 0 Å². The third kappa shape index (κ3) is 4.32. The van der Waals surface area contributed by atoms with Gasteiger partial charge in [0.1, 0.15) is 0 Å². The van der Waals surface area contributed by atoms with Gasteiger partial charge in [0, 0.05) is 0 Å². The van der Waals surface area contributed by atoms with Crippen molar-refractivity contribution in [2.45, 2.75) is 44.9 Å². The summed E-state index contributed by atoms with van der Waals surface area (Å²) in [6.07, 6.45) is 15.8. The minimum Gasteiger partial charge on any atom is -1.00 e. The second kappa shape index (κ2) is 10.3. The molecule has 3 aliphatic carbocycles. The Kier molecular flexibility index (Phi) is 8.53. The number of hydrogen-bond acceptors (Lipinski definition) is 0. The van der Waals surface area contributed by atoms with Gasteiger partial charge in [0.05, 0.1) is 0 Å². The van der Waals surface area contributed by atoms with Gasteiger partial charge < -0.3 is 24.8 Å². The van der Waals surface area contributed by atoms with Crippen LogP contribution in [0, 0.1) is 10.4 Å². The molecule has 2 aromatic carbocycles. The SMILES string of the molecule is Brc1ccc2c(c1)=c1cc(Br)c(=C3CCCCCC3)c(C3=CC=CC3)c1[C]=2[Zr+2].[Cl-].[Cl-]. The van der Waals surface area contributed by atoms with Crippen molar-refractivity contribution in [2.75, 3.05) is 0 Å². The average molecular weight is 643 g/mol. The molecule has 2 aromatic rings. The molecule has 0 bridgehead atoms. The minimum absolute atomic E-state index is 0. The Labute approximate surface area is 222 Å². The Morgan fingerprint density at radius 2 is 1.53 bits per heavy atom. The average Bonchev–Trinajstić information content (AvgIpc) is 3.20. The zero-order valence-corrected chi connectivity index (χ0v) is 23.6. The Balaban J connectivity index is 0.00000128. The summed E-state index contributed by atoms with van der Waals surface area (Å²) >= 11 is 9.20. The Bertz CT molecular complexity index is 1270. The van der Waals surface area contributed by atoms with Crippen LogP contribution in [0.2, 0.25) is 0 Å². The van der Waals surface area contributed by atoms with E-state index in [0.29, 0.717) is 0 Å². The largest absolute Gasteiger partial charge is 1.00 e. The van der Waals surface area contributed by atoms with E-state index in [9.17, 15) is 0 Å². The summed E-state index contributed by atoms with van der Waals surface area (Å²) in [6, 6.07) is 9.17. The normalized spacial score (nSPS) is 17.0. The number of rotatable bonds is 1. The van der Waals surface area contributed by atoms with Gasteiger partial charge >= 0.3 is 199 Å². The topological polar surface area (TPSA) is 0 Å². The predicted molar refractivity (Wildman–Crippen MR) is 121 cm³/mol. The van der Waals surface area contributed by atoms with Gasteiger partial charge in [0.2, 0.25) is 0 Å². The molecule has 0 amide bonds. The molecule has 30 heavy (non-hydrogen) atoms. The second-order valence-corrected chi connectivity index (χ2v) is 10.9. The third-order valence-corrected chi connectivity index (χ3v) is 8.62. The summed E-state index contributed by atoms with van der Waals surface area (Å²) < 4.78 is 3.95. The van der Waals surface area contributed by atoms with Crippen molar-refractivity contribution in [1.29, 1.82) is 0 Å². The van der Waals surface area contributed by atoms with Gasteiger partial charge in [0.15, 0.2) is 0 Å². The van der Waals surface area contributed by atoms with Crippen molar-refractivity contribution in [3.8, 4) is 0 Å². The van der Waals surface area contributed by atoms with Crippen LogP contribution in [0.1, 0.15) is 56.1 Å². The maximum Gasteiger partial charge on any atom is -1.00 e. The first kappa shape index (κ1) is 24.7. The van der Waals surface area contributed by atoms with E-state index in [1.807, 2.05) is 0 Å². The standard InChI is InChI=1S/C25H21Br2.2ClH.Zr/c26-19-12-11-18-13-22-21(20(18)14-19)15-23(27)25(17-7-3-1-2-4-8-17)24(22)16-9-5-6-10-16;;;/h5-6,9,11-12,14-15H,1-4,7-8,10H2;2*1H;/q;;;+2/p-2. The van der Waals surface area contributed by atoms with Crippen molar-refractivity contribution in [3.05, 3.63) is 83.4 Å². The number of hydrogen-bond donors (Lipinski definition) is 0. The van der Waals surface area contributed by atoms with E-state index in [-0.39, 0.29) is 24.8 Å². The van der Waals surface area contributed by atoms with E-state index in [0.717, 1.165) is 10.9 Å². The number of benzene rings is 2. The zero-order chi connectivity index (χ0) is 19.3. The van der Waals surface area contributed by atoms with Crippen molar-refractivity contribution in [3.63, 3.8) is 0 Å². The van der Waals surface area contributed by atoms with Gasteiger partial charge in [-0.15, -0.1) is 0 Å². The maximum atomic E-state index is 4.02. The van der Waals surface area contributed by atoms with Crippen molar-refractivity contribution in [1.82, 2.24) is 0 Å². The number of halogens is 4. The molecule has 0 radical (unpaired) electrons. The van der Waals surface area contributed by atoms with Crippen LogP contribution in [0.4, 0.5) is 0 Å². The molecule has 0 nitrogen and oxygen atoms in total. The molecule has 0 N–H and O–H groups in total. The first-order chi connectivity index (χ1) is 13.6. The summed E-state index contributed by atoms with van der Waals surface area (Å²) in [5.41, 5.74) is 6.15.